The number of rotatable bonds is 5. The summed E-state index contributed by atoms with van der Waals surface area (Å²) in [5.41, 5.74) is 5.91. The third-order valence-corrected chi connectivity index (χ3v) is 3.09. The SMILES string of the molecule is Cc1cnc(CNCC(N)C(C)C)s1. The molecule has 1 atom stereocenters. The highest BCUT2D eigenvalue weighted by Gasteiger charge is 2.06. The molecule has 1 aromatic rings. The van der Waals surface area contributed by atoms with Crippen molar-refractivity contribution in [2.24, 2.45) is 11.7 Å². The third kappa shape index (κ3) is 3.74. The van der Waals surface area contributed by atoms with Crippen molar-refractivity contribution in [3.8, 4) is 0 Å². The summed E-state index contributed by atoms with van der Waals surface area (Å²) in [4.78, 5) is 5.53. The lowest BCUT2D eigenvalue weighted by Gasteiger charge is -2.15. The van der Waals surface area contributed by atoms with E-state index in [1.807, 2.05) is 6.20 Å². The Kier molecular flexibility index (Phi) is 4.51. The highest BCUT2D eigenvalue weighted by atomic mass is 32.1. The molecule has 0 spiro atoms. The summed E-state index contributed by atoms with van der Waals surface area (Å²) >= 11 is 1.73. The van der Waals surface area contributed by atoms with Gasteiger partial charge in [-0.05, 0) is 12.8 Å². The summed E-state index contributed by atoms with van der Waals surface area (Å²) in [7, 11) is 0. The molecule has 1 unspecified atom stereocenters. The van der Waals surface area contributed by atoms with E-state index in [0.717, 1.165) is 18.1 Å². The molecule has 0 saturated heterocycles. The van der Waals surface area contributed by atoms with Gasteiger partial charge in [0.05, 0.1) is 0 Å². The maximum absolute atomic E-state index is 5.91. The number of thiazole rings is 1. The van der Waals surface area contributed by atoms with Crippen LogP contribution < -0.4 is 11.1 Å². The number of nitrogens with two attached hydrogens (primary N) is 1. The van der Waals surface area contributed by atoms with Crippen LogP contribution >= 0.6 is 11.3 Å². The average molecular weight is 213 g/mol. The maximum Gasteiger partial charge on any atom is 0.107 e. The van der Waals surface area contributed by atoms with Crippen molar-refractivity contribution in [3.63, 3.8) is 0 Å². The maximum atomic E-state index is 5.91. The molecule has 4 heteroatoms. The monoisotopic (exact) mass is 213 g/mol. The van der Waals surface area contributed by atoms with E-state index < -0.39 is 0 Å². The molecule has 3 nitrogen and oxygen atoms in total. The van der Waals surface area contributed by atoms with E-state index >= 15 is 0 Å². The van der Waals surface area contributed by atoms with Crippen LogP contribution in [0.5, 0.6) is 0 Å². The van der Waals surface area contributed by atoms with Crippen molar-refractivity contribution in [3.05, 3.63) is 16.1 Å². The number of aryl methyl sites for hydroxylation is 1. The van der Waals surface area contributed by atoms with Gasteiger partial charge in [-0.15, -0.1) is 11.3 Å². The fourth-order valence-electron chi connectivity index (χ4n) is 1.06. The molecule has 0 aliphatic rings. The van der Waals surface area contributed by atoms with Crippen molar-refractivity contribution in [2.45, 2.75) is 33.4 Å². The molecule has 0 bridgehead atoms. The van der Waals surface area contributed by atoms with Crippen LogP contribution in [0.1, 0.15) is 23.7 Å². The summed E-state index contributed by atoms with van der Waals surface area (Å²) in [5.74, 6) is 0.528. The van der Waals surface area contributed by atoms with Crippen LogP contribution in [0.2, 0.25) is 0 Å². The summed E-state index contributed by atoms with van der Waals surface area (Å²) in [6, 6.07) is 0.232. The molecule has 1 heterocycles. The van der Waals surface area contributed by atoms with E-state index in [2.05, 4.69) is 31.1 Å². The number of hydrogen-bond acceptors (Lipinski definition) is 4. The van der Waals surface area contributed by atoms with Crippen LogP contribution in [0.15, 0.2) is 6.20 Å². The third-order valence-electron chi connectivity index (χ3n) is 2.18. The van der Waals surface area contributed by atoms with E-state index in [1.165, 1.54) is 4.88 Å². The molecule has 1 aromatic heterocycles. The summed E-state index contributed by atoms with van der Waals surface area (Å²) in [5, 5.41) is 4.46. The molecule has 0 amide bonds. The van der Waals surface area contributed by atoms with Crippen molar-refractivity contribution in [2.75, 3.05) is 6.54 Å². The summed E-state index contributed by atoms with van der Waals surface area (Å²) in [6.07, 6.45) is 1.91. The zero-order valence-corrected chi connectivity index (χ0v) is 9.90. The van der Waals surface area contributed by atoms with Crippen molar-refractivity contribution >= 4 is 11.3 Å². The van der Waals surface area contributed by atoms with Crippen LogP contribution in [0.25, 0.3) is 0 Å². The van der Waals surface area contributed by atoms with Crippen LogP contribution in [0.3, 0.4) is 0 Å². The minimum absolute atomic E-state index is 0.232. The zero-order valence-electron chi connectivity index (χ0n) is 9.08. The number of nitrogens with one attached hydrogen (secondary N) is 1. The first-order chi connectivity index (χ1) is 6.59. The predicted octanol–water partition coefficient (Wildman–Crippen LogP) is 1.52. The lowest BCUT2D eigenvalue weighted by molar-refractivity contribution is 0.458. The number of hydrogen-bond donors (Lipinski definition) is 2. The Morgan fingerprint density at radius 3 is 2.79 bits per heavy atom. The van der Waals surface area contributed by atoms with Gasteiger partial charge in [-0.2, -0.15) is 0 Å². The topological polar surface area (TPSA) is 50.9 Å². The first kappa shape index (κ1) is 11.6. The Labute approximate surface area is 89.7 Å². The Bertz CT molecular complexity index is 270. The number of nitrogens with zero attached hydrogens (tertiary/aromatic N) is 1. The Morgan fingerprint density at radius 2 is 2.29 bits per heavy atom. The van der Waals surface area contributed by atoms with Gasteiger partial charge in [0, 0.05) is 30.2 Å². The molecule has 0 aliphatic carbocycles. The normalized spacial score (nSPS) is 13.5. The van der Waals surface area contributed by atoms with E-state index in [-0.39, 0.29) is 6.04 Å². The molecule has 3 N–H and O–H groups in total. The van der Waals surface area contributed by atoms with Crippen molar-refractivity contribution in [1.29, 1.82) is 0 Å². The van der Waals surface area contributed by atoms with Gasteiger partial charge < -0.3 is 11.1 Å². The van der Waals surface area contributed by atoms with E-state index in [0.29, 0.717) is 5.92 Å². The second kappa shape index (κ2) is 5.44. The smallest absolute Gasteiger partial charge is 0.107 e. The van der Waals surface area contributed by atoms with E-state index in [9.17, 15) is 0 Å². The highest BCUT2D eigenvalue weighted by molar-refractivity contribution is 7.11. The molecular weight excluding hydrogens is 194 g/mol. The lowest BCUT2D eigenvalue weighted by atomic mass is 10.1. The Hall–Kier alpha value is -0.450. The van der Waals surface area contributed by atoms with Crippen LogP contribution in [-0.4, -0.2) is 17.6 Å². The lowest BCUT2D eigenvalue weighted by Crippen LogP contribution is -2.37. The molecule has 14 heavy (non-hydrogen) atoms. The second-order valence-corrected chi connectivity index (χ2v) is 5.22. The molecule has 80 valence electrons. The predicted molar refractivity (Wildman–Crippen MR) is 61.4 cm³/mol. The fraction of sp³-hybridized carbons (Fsp3) is 0.700. The first-order valence-electron chi connectivity index (χ1n) is 4.97. The Balaban J connectivity index is 2.22. The fourth-order valence-corrected chi connectivity index (χ4v) is 1.82. The largest absolute Gasteiger partial charge is 0.326 e. The molecule has 0 saturated carbocycles. The average Bonchev–Trinajstić information content (AvgIpc) is 2.51. The summed E-state index contributed by atoms with van der Waals surface area (Å²) in [6.45, 7) is 8.04. The van der Waals surface area contributed by atoms with Gasteiger partial charge in [-0.3, -0.25) is 0 Å². The van der Waals surface area contributed by atoms with Gasteiger partial charge in [-0.25, -0.2) is 4.98 Å². The van der Waals surface area contributed by atoms with Gasteiger partial charge in [-0.1, -0.05) is 13.8 Å². The molecular formula is C10H19N3S. The molecule has 0 fully saturated rings. The van der Waals surface area contributed by atoms with Gasteiger partial charge >= 0.3 is 0 Å². The van der Waals surface area contributed by atoms with Gasteiger partial charge in [0.15, 0.2) is 0 Å². The van der Waals surface area contributed by atoms with Gasteiger partial charge in [0.2, 0.25) is 0 Å². The Morgan fingerprint density at radius 1 is 1.57 bits per heavy atom. The van der Waals surface area contributed by atoms with Crippen molar-refractivity contribution in [1.82, 2.24) is 10.3 Å². The van der Waals surface area contributed by atoms with Gasteiger partial charge in [0.1, 0.15) is 5.01 Å². The first-order valence-corrected chi connectivity index (χ1v) is 5.79. The standard InChI is InChI=1S/C10H19N3S/c1-7(2)9(11)5-12-6-10-13-4-8(3)14-10/h4,7,9,12H,5-6,11H2,1-3H3. The van der Waals surface area contributed by atoms with E-state index in [1.54, 1.807) is 11.3 Å². The zero-order chi connectivity index (χ0) is 10.6. The summed E-state index contributed by atoms with van der Waals surface area (Å²) < 4.78 is 0. The molecule has 0 radical (unpaired) electrons. The van der Waals surface area contributed by atoms with Gasteiger partial charge in [0.25, 0.3) is 0 Å². The second-order valence-electron chi connectivity index (χ2n) is 3.90. The minimum Gasteiger partial charge on any atom is -0.326 e. The highest BCUT2D eigenvalue weighted by Crippen LogP contribution is 2.10. The van der Waals surface area contributed by atoms with Crippen LogP contribution in [0.4, 0.5) is 0 Å². The molecule has 1 rings (SSSR count). The quantitative estimate of drug-likeness (QED) is 0.780. The van der Waals surface area contributed by atoms with E-state index in [4.69, 9.17) is 5.73 Å². The number of aromatic nitrogens is 1. The van der Waals surface area contributed by atoms with Crippen LogP contribution in [0, 0.1) is 12.8 Å². The van der Waals surface area contributed by atoms with Crippen molar-refractivity contribution < 1.29 is 0 Å². The molecule has 0 aliphatic heterocycles. The minimum atomic E-state index is 0.232. The molecule has 0 aromatic carbocycles. The van der Waals surface area contributed by atoms with Crippen LogP contribution in [-0.2, 0) is 6.54 Å².